The monoisotopic (exact) mass is 1960 g/mol. The summed E-state index contributed by atoms with van der Waals surface area (Å²) in [6.45, 7) is 36.8. The minimum atomic E-state index is -4.26. The summed E-state index contributed by atoms with van der Waals surface area (Å²) in [7, 11) is -11.8. The predicted molar refractivity (Wildman–Crippen MR) is 535 cm³/mol. The van der Waals surface area contributed by atoms with Gasteiger partial charge in [-0.2, -0.15) is 38.7 Å². The van der Waals surface area contributed by atoms with E-state index in [0.29, 0.717) is 101 Å². The Bertz CT molecular complexity index is 6480. The van der Waals surface area contributed by atoms with E-state index in [1.807, 2.05) is 68.3 Å². The van der Waals surface area contributed by atoms with Gasteiger partial charge in [0.05, 0.1) is 43.1 Å². The number of nitrogens with zero attached hydrogens (tertiary/aromatic N) is 14. The number of sulfonamides is 4. The van der Waals surface area contributed by atoms with Crippen molar-refractivity contribution in [2.45, 2.75) is 210 Å². The highest BCUT2D eigenvalue weighted by Crippen LogP contribution is 2.43. The van der Waals surface area contributed by atoms with Crippen molar-refractivity contribution >= 4 is 104 Å². The summed E-state index contributed by atoms with van der Waals surface area (Å²) in [6.07, 6.45) is 14.3. The van der Waals surface area contributed by atoms with E-state index in [-0.39, 0.29) is 76.4 Å². The van der Waals surface area contributed by atoms with E-state index in [1.54, 1.807) is 136 Å². The van der Waals surface area contributed by atoms with Gasteiger partial charge in [-0.15, -0.1) is 0 Å². The third-order valence-electron chi connectivity index (χ3n) is 24.8. The maximum Gasteiger partial charge on any atom is 0.281 e. The molecule has 5 fully saturated rings. The highest BCUT2D eigenvalue weighted by molar-refractivity contribution is 7.90. The van der Waals surface area contributed by atoms with E-state index in [0.717, 1.165) is 82.5 Å². The zero-order valence-electron chi connectivity index (χ0n) is 81.8. The number of hydrogen-bond donors (Lipinski definition) is 5. The molecule has 138 heavy (non-hydrogen) atoms. The molecular formula is C100H129N19O15S4. The van der Waals surface area contributed by atoms with E-state index in [1.165, 1.54) is 43.2 Å². The van der Waals surface area contributed by atoms with E-state index >= 15 is 0 Å². The molecule has 12 heterocycles. The third kappa shape index (κ3) is 26.2. The van der Waals surface area contributed by atoms with Crippen molar-refractivity contribution < 1.29 is 67.1 Å². The minimum absolute atomic E-state index is 0.143. The fraction of sp³-hybridized carbons (Fsp3) is 0.440. The number of carbonyl (C=O) groups excluding carboxylic acids is 4. The van der Waals surface area contributed by atoms with Gasteiger partial charge in [-0.1, -0.05) is 89.2 Å². The first-order valence-corrected chi connectivity index (χ1v) is 52.3. The smallest absolute Gasteiger partial charge is 0.281 e. The Morgan fingerprint density at radius 2 is 0.826 bits per heavy atom. The van der Waals surface area contributed by atoms with Crippen molar-refractivity contribution in [1.29, 1.82) is 0 Å². The molecule has 1 aliphatic carbocycles. The van der Waals surface area contributed by atoms with Crippen LogP contribution in [-0.2, 0) is 53.1 Å². The largest absolute Gasteiger partial charge is 0.497 e. The third-order valence-corrected chi connectivity index (χ3v) is 29.8. The van der Waals surface area contributed by atoms with Gasteiger partial charge < -0.3 is 48.9 Å². The maximum absolute atomic E-state index is 13.2. The van der Waals surface area contributed by atoms with Crippen LogP contribution in [0, 0.1) is 29.6 Å². The predicted octanol–water partition coefficient (Wildman–Crippen LogP) is 14.6. The Hall–Kier alpha value is -12.7. The number of pyridine rings is 8. The molecule has 5 N–H and O–H groups in total. The lowest BCUT2D eigenvalue weighted by Crippen LogP contribution is -2.41. The summed E-state index contributed by atoms with van der Waals surface area (Å²) < 4.78 is 129. The van der Waals surface area contributed by atoms with Gasteiger partial charge in [-0.3, -0.25) is 19.2 Å². The van der Waals surface area contributed by atoms with Gasteiger partial charge in [0.15, 0.2) is 20.1 Å². The number of nitrogens with one attached hydrogen (secondary N) is 5. The standard InChI is InChI=1S/C27H33N5O5S.C26H30N4O4S.C25H35N5O3S.C22H31N5O3S/c1-18-15-27(2,3)32(17-18)25-21(8-7-13-28-25)26(33)31-38(34,35)24-10-6-9-23(30-24)29-16-19-14-20(36-4)11-12-22(19)37-5;1-19-17-26(2,3)30(18-19)24-21(11-8-15-27-24)25(31)29-35(32,33)23-13-7-12-22(28-23)34-16-14-20-9-5-4-6-10-20;1-5-14-29(17-19-11-12-19)21-9-6-10-22(27-21)34(32,33)28-24(31)20-8-7-13-26-23(20)30-16-18(2)15-25(30,3)4;1-15(2)26(6)18-10-7-11-19(24-18)31(29,30)25-21(28)17-9-8-12-23-20(17)27-14-16(3)13-22(27,4)5/h6-14,18H,15-17H2,1-5H3,(H,29,30)(H,31,33);4-13,15,19H,14,16-18H2,1-3H3,(H,29,31);6-10,13,18-19H,5,11-12,14-17H2,1-4H3,(H,28,31);7-12,15-16H,13-14H2,1-6H3,(H,25,28). The lowest BCUT2D eigenvalue weighted by molar-refractivity contribution is 0.0972. The summed E-state index contributed by atoms with van der Waals surface area (Å²) in [5, 5.41) is 2.17. The molecule has 0 spiro atoms. The number of benzene rings is 2. The summed E-state index contributed by atoms with van der Waals surface area (Å²) in [5.74, 6) is 4.34. The molecule has 4 saturated heterocycles. The second-order valence-electron chi connectivity index (χ2n) is 38.7. The molecule has 4 amide bonds. The first-order chi connectivity index (χ1) is 65.2. The molecule has 0 radical (unpaired) electrons. The Morgan fingerprint density at radius 3 is 1.20 bits per heavy atom. The van der Waals surface area contributed by atoms with Crippen LogP contribution in [0.1, 0.15) is 201 Å². The fourth-order valence-electron chi connectivity index (χ4n) is 18.3. The second kappa shape index (κ2) is 44.0. The van der Waals surface area contributed by atoms with Crippen molar-refractivity contribution in [1.82, 2.24) is 58.8 Å². The maximum atomic E-state index is 13.2. The van der Waals surface area contributed by atoms with Crippen molar-refractivity contribution in [2.75, 3.05) is 102 Å². The molecule has 8 aromatic heterocycles. The van der Waals surface area contributed by atoms with Crippen LogP contribution < -0.4 is 67.8 Å². The minimum Gasteiger partial charge on any atom is -0.497 e. The van der Waals surface area contributed by atoms with Crippen molar-refractivity contribution in [3.05, 3.63) is 228 Å². The molecule has 15 rings (SSSR count). The molecule has 34 nitrogen and oxygen atoms in total. The first-order valence-electron chi connectivity index (χ1n) is 46.4. The molecule has 2 aromatic carbocycles. The van der Waals surface area contributed by atoms with Crippen LogP contribution in [0.2, 0.25) is 0 Å². The van der Waals surface area contributed by atoms with Gasteiger partial charge in [0.25, 0.3) is 63.7 Å². The molecule has 4 unspecified atom stereocenters. The number of methoxy groups -OCH3 is 2. The molecular weight excluding hydrogens is 1840 g/mol. The lowest BCUT2D eigenvalue weighted by Gasteiger charge is -2.33. The van der Waals surface area contributed by atoms with Gasteiger partial charge >= 0.3 is 0 Å². The number of amides is 4. The van der Waals surface area contributed by atoms with E-state index in [4.69, 9.17) is 14.2 Å². The zero-order chi connectivity index (χ0) is 100. The Morgan fingerprint density at radius 1 is 0.449 bits per heavy atom. The van der Waals surface area contributed by atoms with Crippen molar-refractivity contribution in [2.24, 2.45) is 29.6 Å². The van der Waals surface area contributed by atoms with Gasteiger partial charge in [0, 0.05) is 124 Å². The number of ether oxygens (including phenoxy) is 3. The fourth-order valence-corrected chi connectivity index (χ4v) is 22.0. The average Bonchev–Trinajstić information content (AvgIpc) is 1.61. The van der Waals surface area contributed by atoms with Crippen LogP contribution in [0.25, 0.3) is 0 Å². The van der Waals surface area contributed by atoms with Gasteiger partial charge in [0.2, 0.25) is 5.88 Å². The number of carbonyl (C=O) groups is 4. The Balaban J connectivity index is 0.000000165. The van der Waals surface area contributed by atoms with Crippen LogP contribution in [0.3, 0.4) is 0 Å². The highest BCUT2D eigenvalue weighted by Gasteiger charge is 2.44. The zero-order valence-corrected chi connectivity index (χ0v) is 85.0. The Kier molecular flexibility index (Phi) is 33.2. The number of hydrogen-bond acceptors (Lipinski definition) is 30. The average molecular weight is 1970 g/mol. The van der Waals surface area contributed by atoms with Crippen molar-refractivity contribution in [3.8, 4) is 17.4 Å². The van der Waals surface area contributed by atoms with Gasteiger partial charge in [-0.05, 0) is 259 Å². The number of rotatable bonds is 32. The normalized spacial score (nSPS) is 17.9. The van der Waals surface area contributed by atoms with E-state index in [2.05, 4.69) is 179 Å². The molecule has 4 atom stereocenters. The molecule has 4 aliphatic heterocycles. The van der Waals surface area contributed by atoms with Gasteiger partial charge in [-0.25, -0.2) is 53.8 Å². The molecule has 1 saturated carbocycles. The Labute approximate surface area is 812 Å². The second-order valence-corrected chi connectivity index (χ2v) is 45.2. The molecule has 10 aromatic rings. The van der Waals surface area contributed by atoms with Crippen molar-refractivity contribution in [3.63, 3.8) is 0 Å². The van der Waals surface area contributed by atoms with Gasteiger partial charge in [0.1, 0.15) is 52.2 Å². The summed E-state index contributed by atoms with van der Waals surface area (Å²) in [4.78, 5) is 99.5. The lowest BCUT2D eigenvalue weighted by atomic mass is 9.97. The van der Waals surface area contributed by atoms with Crippen LogP contribution >= 0.6 is 0 Å². The number of anilines is 7. The topological polar surface area (TPSA) is 415 Å². The summed E-state index contributed by atoms with van der Waals surface area (Å²) >= 11 is 0. The summed E-state index contributed by atoms with van der Waals surface area (Å²) in [6, 6.07) is 46.9. The summed E-state index contributed by atoms with van der Waals surface area (Å²) in [5.41, 5.74) is 2.00. The van der Waals surface area contributed by atoms with E-state index in [9.17, 15) is 52.8 Å². The number of aromatic nitrogens is 8. The van der Waals surface area contributed by atoms with Crippen LogP contribution in [0.4, 0.5) is 40.7 Å². The van der Waals surface area contributed by atoms with E-state index < -0.39 is 63.7 Å². The molecule has 5 aliphatic rings. The highest BCUT2D eigenvalue weighted by atomic mass is 32.2. The molecule has 0 bridgehead atoms. The SMILES string of the molecule is CC1CN(c2ncccc2C(=O)NS(=O)(=O)c2cccc(N(C)C(C)C)n2)C(C)(C)C1.CC1CN(c2ncccc2C(=O)NS(=O)(=O)c2cccc(OCCc3ccccc3)n2)C(C)(C)C1.CCCN(CC1CC1)c1cccc(S(=O)(=O)NC(=O)c2cccnc2N2CC(C)CC2(C)C)n1.COc1ccc(OC)c(CNc2cccc(S(=O)(=O)NC(=O)c3cccnc3N3CC(C)CC3(C)C)n2)c1. The quantitative estimate of drug-likeness (QED) is 0.0261. The van der Waals surface area contributed by atoms with Crippen LogP contribution in [-0.4, -0.2) is 193 Å². The molecule has 38 heteroatoms. The molecule has 738 valence electrons. The first kappa shape index (κ1) is 104. The van der Waals surface area contributed by atoms with Crippen LogP contribution in [0.5, 0.6) is 17.4 Å². The van der Waals surface area contributed by atoms with Crippen LogP contribution in [0.15, 0.2) is 215 Å².